The summed E-state index contributed by atoms with van der Waals surface area (Å²) in [6.45, 7) is 3.72. The van der Waals surface area contributed by atoms with Crippen LogP contribution in [0, 0.1) is 12.8 Å². The number of hydrogen-bond acceptors (Lipinski definition) is 7. The number of amides is 1. The van der Waals surface area contributed by atoms with E-state index in [2.05, 4.69) is 21.9 Å². The van der Waals surface area contributed by atoms with Crippen LogP contribution in [0.4, 0.5) is 0 Å². The molecular weight excluding hydrogens is 364 g/mol. The van der Waals surface area contributed by atoms with Crippen LogP contribution in [0.5, 0.6) is 0 Å². The predicted octanol–water partition coefficient (Wildman–Crippen LogP) is 3.10. The van der Waals surface area contributed by atoms with E-state index < -0.39 is 5.97 Å². The summed E-state index contributed by atoms with van der Waals surface area (Å²) in [6, 6.07) is 1.95. The first-order valence-corrected chi connectivity index (χ1v) is 9.95. The van der Waals surface area contributed by atoms with Gasteiger partial charge in [-0.2, -0.15) is 0 Å². The zero-order chi connectivity index (χ0) is 19.4. The van der Waals surface area contributed by atoms with Gasteiger partial charge in [0.2, 0.25) is 0 Å². The van der Waals surface area contributed by atoms with Crippen LogP contribution in [-0.2, 0) is 9.53 Å². The molecule has 0 bridgehead atoms. The molecule has 0 N–H and O–H groups in total. The van der Waals surface area contributed by atoms with E-state index in [1.165, 1.54) is 11.3 Å². The van der Waals surface area contributed by atoms with Gasteiger partial charge in [0.25, 0.3) is 5.91 Å². The van der Waals surface area contributed by atoms with E-state index in [4.69, 9.17) is 4.74 Å². The molecule has 3 rings (SSSR count). The van der Waals surface area contributed by atoms with Crippen molar-refractivity contribution >= 4 is 23.2 Å². The van der Waals surface area contributed by atoms with Gasteiger partial charge in [0.15, 0.2) is 17.4 Å². The molecule has 0 unspecified atom stereocenters. The van der Waals surface area contributed by atoms with Crippen molar-refractivity contribution in [3.63, 3.8) is 0 Å². The van der Waals surface area contributed by atoms with Crippen molar-refractivity contribution in [2.24, 2.45) is 5.92 Å². The van der Waals surface area contributed by atoms with E-state index >= 15 is 0 Å². The minimum Gasteiger partial charge on any atom is -0.451 e. The Kier molecular flexibility index (Phi) is 6.15. The summed E-state index contributed by atoms with van der Waals surface area (Å²) < 4.78 is 5.25. The van der Waals surface area contributed by atoms with Crippen molar-refractivity contribution in [3.05, 3.63) is 29.0 Å². The second kappa shape index (κ2) is 8.56. The fourth-order valence-electron chi connectivity index (χ4n) is 3.22. The van der Waals surface area contributed by atoms with Crippen molar-refractivity contribution in [1.29, 1.82) is 0 Å². The molecule has 0 spiro atoms. The molecule has 144 valence electrons. The molecule has 2 heterocycles. The maximum absolute atomic E-state index is 12.4. The van der Waals surface area contributed by atoms with Crippen molar-refractivity contribution in [3.8, 4) is 10.8 Å². The van der Waals surface area contributed by atoms with Gasteiger partial charge in [-0.3, -0.25) is 4.79 Å². The Morgan fingerprint density at radius 1 is 1.22 bits per heavy atom. The maximum Gasteiger partial charge on any atom is 0.350 e. The van der Waals surface area contributed by atoms with Crippen LogP contribution < -0.4 is 0 Å². The number of ether oxygens (including phenoxy) is 1. The Hall–Kier alpha value is -2.35. The minimum atomic E-state index is -0.536. The second-order valence-corrected chi connectivity index (χ2v) is 8.00. The van der Waals surface area contributed by atoms with Crippen molar-refractivity contribution < 1.29 is 14.3 Å². The lowest BCUT2D eigenvalue weighted by Crippen LogP contribution is -2.41. The molecule has 1 amide bonds. The van der Waals surface area contributed by atoms with Gasteiger partial charge >= 0.3 is 5.97 Å². The molecule has 2 aromatic heterocycles. The molecule has 0 atom stereocenters. The van der Waals surface area contributed by atoms with Gasteiger partial charge in [0.05, 0.1) is 5.69 Å². The van der Waals surface area contributed by atoms with Crippen LogP contribution >= 0.6 is 11.3 Å². The summed E-state index contributed by atoms with van der Waals surface area (Å²) in [6.07, 6.45) is 7.52. The maximum atomic E-state index is 12.4. The van der Waals surface area contributed by atoms with E-state index in [9.17, 15) is 9.59 Å². The van der Waals surface area contributed by atoms with E-state index in [1.807, 2.05) is 0 Å². The van der Waals surface area contributed by atoms with Gasteiger partial charge in [-0.1, -0.05) is 6.92 Å². The summed E-state index contributed by atoms with van der Waals surface area (Å²) in [5, 5.41) is 0.555. The van der Waals surface area contributed by atoms with E-state index in [1.54, 1.807) is 37.3 Å². The number of esters is 1. The minimum absolute atomic E-state index is 0.170. The van der Waals surface area contributed by atoms with Gasteiger partial charge in [-0.25, -0.2) is 19.7 Å². The fraction of sp³-hybridized carbons (Fsp3) is 0.526. The third kappa shape index (κ3) is 4.68. The van der Waals surface area contributed by atoms with Gasteiger partial charge < -0.3 is 9.64 Å². The number of thiazole rings is 1. The standard InChI is InChI=1S/C19H24N4O3S/c1-12-5-7-14(8-6-12)23(3)15(24)11-26-19(25)16-13(2)22-18(27-16)17-20-9-4-10-21-17/h4,9-10,12,14H,5-8,11H2,1-3H3. The number of rotatable bonds is 5. The highest BCUT2D eigenvalue weighted by Crippen LogP contribution is 2.27. The number of likely N-dealkylation sites (N-methyl/N-ethyl adjacent to an activating group) is 1. The molecule has 1 aliphatic carbocycles. The molecule has 27 heavy (non-hydrogen) atoms. The Balaban J connectivity index is 1.58. The van der Waals surface area contributed by atoms with Crippen molar-refractivity contribution in [2.45, 2.75) is 45.6 Å². The second-order valence-electron chi connectivity index (χ2n) is 7.00. The van der Waals surface area contributed by atoms with E-state index in [0.717, 1.165) is 31.6 Å². The van der Waals surface area contributed by atoms with Crippen LogP contribution in [0.15, 0.2) is 18.5 Å². The van der Waals surface area contributed by atoms with Gasteiger partial charge in [0.1, 0.15) is 4.88 Å². The summed E-state index contributed by atoms with van der Waals surface area (Å²) in [5.41, 5.74) is 0.550. The smallest absolute Gasteiger partial charge is 0.350 e. The lowest BCUT2D eigenvalue weighted by atomic mass is 9.87. The normalized spacial score (nSPS) is 19.5. The van der Waals surface area contributed by atoms with Crippen LogP contribution in [0.25, 0.3) is 10.8 Å². The van der Waals surface area contributed by atoms with E-state index in [-0.39, 0.29) is 18.6 Å². The molecule has 0 saturated heterocycles. The number of carbonyl (C=O) groups is 2. The predicted molar refractivity (Wildman–Crippen MR) is 102 cm³/mol. The lowest BCUT2D eigenvalue weighted by Gasteiger charge is -2.33. The third-order valence-corrected chi connectivity index (χ3v) is 6.13. The zero-order valence-corrected chi connectivity index (χ0v) is 16.7. The summed E-state index contributed by atoms with van der Waals surface area (Å²) in [4.78, 5) is 39.5. The molecule has 1 saturated carbocycles. The first-order chi connectivity index (χ1) is 13.0. The largest absolute Gasteiger partial charge is 0.451 e. The highest BCUT2D eigenvalue weighted by molar-refractivity contribution is 7.16. The third-order valence-electron chi connectivity index (χ3n) is 4.99. The molecular formula is C19H24N4O3S. The van der Waals surface area contributed by atoms with Crippen LogP contribution in [0.3, 0.4) is 0 Å². The lowest BCUT2D eigenvalue weighted by molar-refractivity contribution is -0.136. The monoisotopic (exact) mass is 388 g/mol. The first kappa shape index (κ1) is 19.4. The molecule has 1 aliphatic rings. The van der Waals surface area contributed by atoms with Gasteiger partial charge in [-0.15, -0.1) is 11.3 Å². The van der Waals surface area contributed by atoms with E-state index in [0.29, 0.717) is 21.4 Å². The number of carbonyl (C=O) groups excluding carboxylic acids is 2. The molecule has 8 heteroatoms. The Bertz CT molecular complexity index is 801. The van der Waals surface area contributed by atoms with Crippen molar-refractivity contribution in [2.75, 3.05) is 13.7 Å². The number of nitrogens with zero attached hydrogens (tertiary/aromatic N) is 4. The summed E-state index contributed by atoms with van der Waals surface area (Å²) in [5.74, 6) is 0.481. The SMILES string of the molecule is Cc1nc(-c2ncccn2)sc1C(=O)OCC(=O)N(C)C1CCC(C)CC1. The molecule has 1 fully saturated rings. The molecule has 2 aromatic rings. The van der Waals surface area contributed by atoms with Crippen LogP contribution in [0.2, 0.25) is 0 Å². The average molecular weight is 388 g/mol. The molecule has 0 radical (unpaired) electrons. The average Bonchev–Trinajstić information content (AvgIpc) is 3.08. The molecule has 7 nitrogen and oxygen atoms in total. The fourth-order valence-corrected chi connectivity index (χ4v) is 4.13. The highest BCUT2D eigenvalue weighted by atomic mass is 32.1. The Labute approximate surface area is 162 Å². The van der Waals surface area contributed by atoms with Crippen molar-refractivity contribution in [1.82, 2.24) is 19.9 Å². The molecule has 0 aromatic carbocycles. The zero-order valence-electron chi connectivity index (χ0n) is 15.8. The number of aryl methyl sites for hydroxylation is 1. The highest BCUT2D eigenvalue weighted by Gasteiger charge is 2.26. The topological polar surface area (TPSA) is 85.3 Å². The Morgan fingerprint density at radius 3 is 2.56 bits per heavy atom. The van der Waals surface area contributed by atoms with Crippen LogP contribution in [-0.4, -0.2) is 51.4 Å². The van der Waals surface area contributed by atoms with Gasteiger partial charge in [0, 0.05) is 25.5 Å². The van der Waals surface area contributed by atoms with Gasteiger partial charge in [-0.05, 0) is 44.6 Å². The quantitative estimate of drug-likeness (QED) is 0.732. The first-order valence-electron chi connectivity index (χ1n) is 9.13. The molecule has 0 aliphatic heterocycles. The van der Waals surface area contributed by atoms with Crippen LogP contribution in [0.1, 0.15) is 48.0 Å². The number of hydrogen-bond donors (Lipinski definition) is 0. The summed E-state index contributed by atoms with van der Waals surface area (Å²) in [7, 11) is 1.79. The summed E-state index contributed by atoms with van der Waals surface area (Å²) >= 11 is 1.17. The number of aromatic nitrogens is 3. The Morgan fingerprint density at radius 2 is 1.89 bits per heavy atom.